The maximum absolute atomic E-state index is 6.18. The molecule has 3 aromatic carbocycles. The predicted octanol–water partition coefficient (Wildman–Crippen LogP) is 6.01. The van der Waals surface area contributed by atoms with Crippen molar-refractivity contribution in [1.82, 2.24) is 5.32 Å². The van der Waals surface area contributed by atoms with E-state index < -0.39 is 0 Å². The third kappa shape index (κ3) is 5.59. The Morgan fingerprint density at radius 2 is 1.68 bits per heavy atom. The molecule has 162 valence electrons. The SMILES string of the molecule is COc1ccc(-c2cc(CN[C@H](C)c3cccc(OC)c3)ccc2OCC2CC2)cc1. The number of benzene rings is 3. The first-order chi connectivity index (χ1) is 15.2. The highest BCUT2D eigenvalue weighted by Gasteiger charge is 2.22. The smallest absolute Gasteiger partial charge is 0.127 e. The summed E-state index contributed by atoms with van der Waals surface area (Å²) in [6, 6.07) is 23.1. The van der Waals surface area contributed by atoms with Gasteiger partial charge in [-0.3, -0.25) is 0 Å². The van der Waals surface area contributed by atoms with Crippen LogP contribution < -0.4 is 19.5 Å². The Morgan fingerprint density at radius 1 is 0.903 bits per heavy atom. The largest absolute Gasteiger partial charge is 0.497 e. The highest BCUT2D eigenvalue weighted by atomic mass is 16.5. The first-order valence-corrected chi connectivity index (χ1v) is 10.9. The lowest BCUT2D eigenvalue weighted by atomic mass is 10.0. The number of hydrogen-bond donors (Lipinski definition) is 1. The fourth-order valence-electron chi connectivity index (χ4n) is 3.60. The highest BCUT2D eigenvalue weighted by molar-refractivity contribution is 5.71. The second kappa shape index (κ2) is 9.88. The van der Waals surface area contributed by atoms with Crippen LogP contribution >= 0.6 is 0 Å². The van der Waals surface area contributed by atoms with E-state index in [4.69, 9.17) is 14.2 Å². The van der Waals surface area contributed by atoms with Crippen LogP contribution in [-0.4, -0.2) is 20.8 Å². The van der Waals surface area contributed by atoms with E-state index in [-0.39, 0.29) is 6.04 Å². The van der Waals surface area contributed by atoms with E-state index in [2.05, 4.69) is 54.7 Å². The first kappa shape index (κ1) is 21.3. The predicted molar refractivity (Wildman–Crippen MR) is 125 cm³/mol. The van der Waals surface area contributed by atoms with E-state index >= 15 is 0 Å². The second-order valence-electron chi connectivity index (χ2n) is 8.19. The van der Waals surface area contributed by atoms with Crippen LogP contribution in [0.25, 0.3) is 11.1 Å². The number of nitrogens with one attached hydrogen (secondary N) is 1. The van der Waals surface area contributed by atoms with Gasteiger partial charge in [0.1, 0.15) is 17.2 Å². The van der Waals surface area contributed by atoms with Gasteiger partial charge in [-0.15, -0.1) is 0 Å². The molecule has 1 fully saturated rings. The van der Waals surface area contributed by atoms with Crippen LogP contribution in [0.1, 0.15) is 36.9 Å². The van der Waals surface area contributed by atoms with Crippen molar-refractivity contribution in [2.24, 2.45) is 5.92 Å². The van der Waals surface area contributed by atoms with Crippen LogP contribution in [-0.2, 0) is 6.54 Å². The Kier molecular flexibility index (Phi) is 6.78. The fourth-order valence-corrected chi connectivity index (χ4v) is 3.60. The minimum absolute atomic E-state index is 0.213. The summed E-state index contributed by atoms with van der Waals surface area (Å²) in [5, 5.41) is 3.63. The maximum Gasteiger partial charge on any atom is 0.127 e. The van der Waals surface area contributed by atoms with Gasteiger partial charge >= 0.3 is 0 Å². The molecule has 0 aliphatic heterocycles. The van der Waals surface area contributed by atoms with Crippen molar-refractivity contribution in [3.05, 3.63) is 77.9 Å². The quantitative estimate of drug-likeness (QED) is 0.438. The molecule has 4 rings (SSSR count). The molecule has 4 heteroatoms. The molecule has 0 heterocycles. The Bertz CT molecular complexity index is 996. The molecule has 1 N–H and O–H groups in total. The van der Waals surface area contributed by atoms with Crippen molar-refractivity contribution in [2.75, 3.05) is 20.8 Å². The lowest BCUT2D eigenvalue weighted by Gasteiger charge is -2.17. The number of methoxy groups -OCH3 is 2. The van der Waals surface area contributed by atoms with Crippen molar-refractivity contribution in [2.45, 2.75) is 32.4 Å². The van der Waals surface area contributed by atoms with Crippen molar-refractivity contribution in [1.29, 1.82) is 0 Å². The monoisotopic (exact) mass is 417 g/mol. The van der Waals surface area contributed by atoms with Gasteiger partial charge in [0.2, 0.25) is 0 Å². The number of hydrogen-bond acceptors (Lipinski definition) is 4. The maximum atomic E-state index is 6.18. The van der Waals surface area contributed by atoms with E-state index in [0.29, 0.717) is 5.92 Å². The molecule has 31 heavy (non-hydrogen) atoms. The van der Waals surface area contributed by atoms with Gasteiger partial charge in [-0.05, 0) is 78.8 Å². The van der Waals surface area contributed by atoms with Gasteiger partial charge in [-0.25, -0.2) is 0 Å². The third-order valence-corrected chi connectivity index (χ3v) is 5.82. The van der Waals surface area contributed by atoms with Gasteiger partial charge in [0.15, 0.2) is 0 Å². The van der Waals surface area contributed by atoms with Gasteiger partial charge in [0.05, 0.1) is 20.8 Å². The Balaban J connectivity index is 1.51. The molecule has 0 unspecified atom stereocenters. The molecule has 0 amide bonds. The topological polar surface area (TPSA) is 39.7 Å². The summed E-state index contributed by atoms with van der Waals surface area (Å²) in [6.45, 7) is 3.74. The second-order valence-corrected chi connectivity index (χ2v) is 8.19. The zero-order valence-corrected chi connectivity index (χ0v) is 18.6. The minimum Gasteiger partial charge on any atom is -0.497 e. The van der Waals surface area contributed by atoms with Gasteiger partial charge in [-0.2, -0.15) is 0 Å². The molecular weight excluding hydrogens is 386 g/mol. The summed E-state index contributed by atoms with van der Waals surface area (Å²) in [5.41, 5.74) is 4.68. The molecule has 1 atom stereocenters. The van der Waals surface area contributed by atoms with Crippen molar-refractivity contribution in [3.8, 4) is 28.4 Å². The first-order valence-electron chi connectivity index (χ1n) is 10.9. The average molecular weight is 418 g/mol. The van der Waals surface area contributed by atoms with Crippen LogP contribution in [0.2, 0.25) is 0 Å². The Morgan fingerprint density at radius 3 is 2.39 bits per heavy atom. The standard InChI is InChI=1S/C27H31NO3/c1-19(23-5-4-6-25(16-23)30-3)28-17-21-9-14-27(31-18-20-7-8-20)26(15-21)22-10-12-24(29-2)13-11-22/h4-6,9-16,19-20,28H,7-8,17-18H2,1-3H3/t19-/m1/s1. The van der Waals surface area contributed by atoms with Crippen LogP contribution in [0, 0.1) is 5.92 Å². The molecule has 0 aromatic heterocycles. The van der Waals surface area contributed by atoms with Gasteiger partial charge in [0, 0.05) is 18.2 Å². The molecule has 1 aliphatic rings. The summed E-state index contributed by atoms with van der Waals surface area (Å²) in [7, 11) is 3.39. The zero-order valence-electron chi connectivity index (χ0n) is 18.6. The number of rotatable bonds is 10. The van der Waals surface area contributed by atoms with E-state index in [1.54, 1.807) is 14.2 Å². The van der Waals surface area contributed by atoms with Crippen molar-refractivity contribution in [3.63, 3.8) is 0 Å². The Hall–Kier alpha value is -2.98. The van der Waals surface area contributed by atoms with Crippen LogP contribution in [0.3, 0.4) is 0 Å². The zero-order chi connectivity index (χ0) is 21.6. The average Bonchev–Trinajstić information content (AvgIpc) is 3.66. The summed E-state index contributed by atoms with van der Waals surface area (Å²) in [4.78, 5) is 0. The minimum atomic E-state index is 0.213. The van der Waals surface area contributed by atoms with Crippen LogP contribution in [0.15, 0.2) is 66.7 Å². The van der Waals surface area contributed by atoms with Gasteiger partial charge in [0.25, 0.3) is 0 Å². The van der Waals surface area contributed by atoms with E-state index in [0.717, 1.165) is 41.5 Å². The lowest BCUT2D eigenvalue weighted by molar-refractivity contribution is 0.301. The van der Waals surface area contributed by atoms with E-state index in [1.807, 2.05) is 24.3 Å². The molecule has 0 radical (unpaired) electrons. The molecule has 1 saturated carbocycles. The molecule has 0 spiro atoms. The normalized spacial score (nSPS) is 14.2. The molecule has 0 saturated heterocycles. The fraction of sp³-hybridized carbons (Fsp3) is 0.333. The van der Waals surface area contributed by atoms with Gasteiger partial charge < -0.3 is 19.5 Å². The van der Waals surface area contributed by atoms with Crippen molar-refractivity contribution >= 4 is 0 Å². The van der Waals surface area contributed by atoms with E-state index in [9.17, 15) is 0 Å². The Labute approximate surface area is 185 Å². The highest BCUT2D eigenvalue weighted by Crippen LogP contribution is 2.35. The molecule has 4 nitrogen and oxygen atoms in total. The molecule has 3 aromatic rings. The van der Waals surface area contributed by atoms with Crippen LogP contribution in [0.4, 0.5) is 0 Å². The lowest BCUT2D eigenvalue weighted by Crippen LogP contribution is -2.18. The molecular formula is C27H31NO3. The summed E-state index contributed by atoms with van der Waals surface area (Å²) in [6.07, 6.45) is 2.56. The summed E-state index contributed by atoms with van der Waals surface area (Å²) in [5.74, 6) is 3.40. The van der Waals surface area contributed by atoms with E-state index in [1.165, 1.54) is 24.0 Å². The molecule has 0 bridgehead atoms. The van der Waals surface area contributed by atoms with Gasteiger partial charge in [-0.1, -0.05) is 30.3 Å². The van der Waals surface area contributed by atoms with Crippen LogP contribution in [0.5, 0.6) is 17.2 Å². The summed E-state index contributed by atoms with van der Waals surface area (Å²) >= 11 is 0. The van der Waals surface area contributed by atoms with Crippen molar-refractivity contribution < 1.29 is 14.2 Å². The number of ether oxygens (including phenoxy) is 3. The third-order valence-electron chi connectivity index (χ3n) is 5.82. The molecule has 1 aliphatic carbocycles. The summed E-state index contributed by atoms with van der Waals surface area (Å²) < 4.78 is 16.9.